The molecule has 21 heavy (non-hydrogen) atoms. The number of carbonyl (C=O) groups is 1. The first-order valence-electron chi connectivity index (χ1n) is 8.04. The highest BCUT2D eigenvalue weighted by Gasteiger charge is 2.27. The van der Waals surface area contributed by atoms with Crippen molar-refractivity contribution in [2.24, 2.45) is 0 Å². The highest BCUT2D eigenvalue weighted by Crippen LogP contribution is 2.31. The largest absolute Gasteiger partial charge is 0.339 e. The van der Waals surface area contributed by atoms with Gasteiger partial charge in [0.1, 0.15) is 0 Å². The summed E-state index contributed by atoms with van der Waals surface area (Å²) < 4.78 is 0. The van der Waals surface area contributed by atoms with Gasteiger partial charge in [0.05, 0.1) is 11.1 Å². The Morgan fingerprint density at radius 2 is 1.81 bits per heavy atom. The van der Waals surface area contributed by atoms with Crippen LogP contribution in [0.4, 0.5) is 0 Å². The highest BCUT2D eigenvalue weighted by atomic mass is 16.2. The summed E-state index contributed by atoms with van der Waals surface area (Å²) in [5.41, 5.74) is 4.27. The molecule has 1 aliphatic heterocycles. The predicted molar refractivity (Wildman–Crippen MR) is 83.5 cm³/mol. The minimum atomic E-state index is 0.228. The van der Waals surface area contributed by atoms with E-state index in [0.717, 1.165) is 67.4 Å². The molecule has 0 spiro atoms. The molecule has 1 aromatic carbocycles. The Morgan fingerprint density at radius 1 is 1.00 bits per heavy atom. The van der Waals surface area contributed by atoms with E-state index in [4.69, 9.17) is 4.98 Å². The van der Waals surface area contributed by atoms with E-state index in [-0.39, 0.29) is 5.91 Å². The van der Waals surface area contributed by atoms with Crippen molar-refractivity contribution in [3.8, 4) is 0 Å². The summed E-state index contributed by atoms with van der Waals surface area (Å²) in [5, 5.41) is 1.04. The Hall–Kier alpha value is -1.90. The molecule has 108 valence electrons. The zero-order valence-electron chi connectivity index (χ0n) is 12.3. The molecule has 0 saturated carbocycles. The Balaban J connectivity index is 1.88. The number of rotatable bonds is 1. The molecule has 1 aromatic heterocycles. The monoisotopic (exact) mass is 280 g/mol. The van der Waals surface area contributed by atoms with Crippen LogP contribution in [-0.2, 0) is 12.8 Å². The van der Waals surface area contributed by atoms with Crippen LogP contribution in [0.15, 0.2) is 24.3 Å². The van der Waals surface area contributed by atoms with Crippen LogP contribution in [0.5, 0.6) is 0 Å². The van der Waals surface area contributed by atoms with Gasteiger partial charge in [0, 0.05) is 24.2 Å². The first-order chi connectivity index (χ1) is 10.3. The molecule has 0 radical (unpaired) electrons. The Labute approximate surface area is 125 Å². The van der Waals surface area contributed by atoms with Gasteiger partial charge in [0.2, 0.25) is 0 Å². The zero-order chi connectivity index (χ0) is 14.2. The number of carbonyl (C=O) groups excluding carboxylic acids is 1. The van der Waals surface area contributed by atoms with Crippen LogP contribution in [0.1, 0.15) is 47.3 Å². The molecule has 3 heteroatoms. The number of fused-ring (bicyclic) bond motifs is 2. The number of hydrogen-bond donors (Lipinski definition) is 0. The van der Waals surface area contributed by atoms with Crippen LogP contribution >= 0.6 is 0 Å². The van der Waals surface area contributed by atoms with Gasteiger partial charge in [-0.2, -0.15) is 0 Å². The maximum atomic E-state index is 13.1. The van der Waals surface area contributed by atoms with Gasteiger partial charge in [-0.15, -0.1) is 0 Å². The lowest BCUT2D eigenvalue weighted by molar-refractivity contribution is 0.0725. The Bertz CT molecular complexity index is 702. The normalized spacial score (nSPS) is 18.0. The molecule has 1 amide bonds. The molecule has 2 aliphatic rings. The summed E-state index contributed by atoms with van der Waals surface area (Å²) >= 11 is 0. The molecule has 4 rings (SSSR count). The minimum absolute atomic E-state index is 0.228. The third kappa shape index (κ3) is 2.11. The number of amides is 1. The predicted octanol–water partition coefficient (Wildman–Crippen LogP) is 3.35. The summed E-state index contributed by atoms with van der Waals surface area (Å²) in [7, 11) is 0. The van der Waals surface area contributed by atoms with Crippen molar-refractivity contribution in [2.45, 2.75) is 38.5 Å². The molecule has 2 heterocycles. The van der Waals surface area contributed by atoms with Crippen molar-refractivity contribution in [3.05, 3.63) is 41.1 Å². The number of piperidine rings is 1. The number of likely N-dealkylation sites (tertiary alicyclic amines) is 1. The number of aryl methyl sites for hydroxylation is 1. The number of hydrogen-bond acceptors (Lipinski definition) is 2. The average molecular weight is 280 g/mol. The molecule has 2 aromatic rings. The van der Waals surface area contributed by atoms with Crippen molar-refractivity contribution >= 4 is 16.8 Å². The van der Waals surface area contributed by atoms with Crippen LogP contribution in [0, 0.1) is 0 Å². The third-order valence-electron chi connectivity index (χ3n) is 4.78. The maximum Gasteiger partial charge on any atom is 0.254 e. The molecule has 0 unspecified atom stereocenters. The van der Waals surface area contributed by atoms with E-state index in [1.165, 1.54) is 12.0 Å². The van der Waals surface area contributed by atoms with Crippen molar-refractivity contribution in [3.63, 3.8) is 0 Å². The molecular formula is C18H20N2O. The lowest BCUT2D eigenvalue weighted by atomic mass is 9.99. The summed E-state index contributed by atoms with van der Waals surface area (Å²) in [6.07, 6.45) is 6.66. The van der Waals surface area contributed by atoms with Gasteiger partial charge in [-0.25, -0.2) is 0 Å². The highest BCUT2D eigenvalue weighted by molar-refractivity contribution is 6.07. The van der Waals surface area contributed by atoms with Gasteiger partial charge in [-0.3, -0.25) is 9.78 Å². The van der Waals surface area contributed by atoms with E-state index < -0.39 is 0 Å². The maximum absolute atomic E-state index is 13.1. The van der Waals surface area contributed by atoms with Crippen molar-refractivity contribution in [2.75, 3.05) is 13.1 Å². The molecular weight excluding hydrogens is 260 g/mol. The first-order valence-corrected chi connectivity index (χ1v) is 8.04. The Kier molecular flexibility index (Phi) is 3.13. The first kappa shape index (κ1) is 12.8. The fourth-order valence-electron chi connectivity index (χ4n) is 3.71. The van der Waals surface area contributed by atoms with Gasteiger partial charge >= 0.3 is 0 Å². The fraction of sp³-hybridized carbons (Fsp3) is 0.444. The second-order valence-corrected chi connectivity index (χ2v) is 6.14. The molecule has 1 aliphatic carbocycles. The van der Waals surface area contributed by atoms with E-state index in [0.29, 0.717) is 0 Å². The number of aromatic nitrogens is 1. The topological polar surface area (TPSA) is 33.2 Å². The second kappa shape index (κ2) is 5.14. The standard InChI is InChI=1S/C18H20N2O/c21-18(20-11-4-1-5-12-20)17-13-7-2-3-9-15(13)19-16-10-6-8-14(16)17/h2-3,7,9H,1,4-6,8,10-12H2. The van der Waals surface area contributed by atoms with E-state index in [1.54, 1.807) is 0 Å². The number of para-hydroxylation sites is 1. The van der Waals surface area contributed by atoms with Gasteiger partial charge in [0.15, 0.2) is 0 Å². The zero-order valence-corrected chi connectivity index (χ0v) is 12.3. The number of pyridine rings is 1. The number of nitrogens with zero attached hydrogens (tertiary/aromatic N) is 2. The van der Waals surface area contributed by atoms with Gasteiger partial charge in [-0.1, -0.05) is 18.2 Å². The van der Waals surface area contributed by atoms with Gasteiger partial charge in [-0.05, 0) is 50.2 Å². The van der Waals surface area contributed by atoms with E-state index in [9.17, 15) is 4.79 Å². The SMILES string of the molecule is O=C(c1c2c(nc3ccccc13)CCC2)N1CCCCC1. The minimum Gasteiger partial charge on any atom is -0.339 e. The molecule has 3 nitrogen and oxygen atoms in total. The molecule has 0 bridgehead atoms. The lowest BCUT2D eigenvalue weighted by Crippen LogP contribution is -2.36. The third-order valence-corrected chi connectivity index (χ3v) is 4.78. The van der Waals surface area contributed by atoms with E-state index in [1.807, 2.05) is 23.1 Å². The van der Waals surface area contributed by atoms with Crippen LogP contribution in [-0.4, -0.2) is 28.9 Å². The van der Waals surface area contributed by atoms with Gasteiger partial charge < -0.3 is 4.90 Å². The summed E-state index contributed by atoms with van der Waals surface area (Å²) in [4.78, 5) is 19.9. The van der Waals surface area contributed by atoms with Crippen LogP contribution in [0.3, 0.4) is 0 Å². The smallest absolute Gasteiger partial charge is 0.254 e. The summed E-state index contributed by atoms with van der Waals surface area (Å²) in [5.74, 6) is 0.228. The number of benzene rings is 1. The van der Waals surface area contributed by atoms with Crippen molar-refractivity contribution < 1.29 is 4.79 Å². The average Bonchev–Trinajstić information content (AvgIpc) is 3.00. The van der Waals surface area contributed by atoms with Crippen LogP contribution in [0.2, 0.25) is 0 Å². The van der Waals surface area contributed by atoms with E-state index in [2.05, 4.69) is 6.07 Å². The van der Waals surface area contributed by atoms with E-state index >= 15 is 0 Å². The van der Waals surface area contributed by atoms with Crippen molar-refractivity contribution in [1.29, 1.82) is 0 Å². The fourth-order valence-corrected chi connectivity index (χ4v) is 3.71. The molecule has 1 fully saturated rings. The van der Waals surface area contributed by atoms with Crippen molar-refractivity contribution in [1.82, 2.24) is 9.88 Å². The molecule has 0 N–H and O–H groups in total. The summed E-state index contributed by atoms with van der Waals surface area (Å²) in [6, 6.07) is 8.10. The quantitative estimate of drug-likeness (QED) is 0.802. The lowest BCUT2D eigenvalue weighted by Gasteiger charge is -2.28. The van der Waals surface area contributed by atoms with Crippen LogP contribution < -0.4 is 0 Å². The second-order valence-electron chi connectivity index (χ2n) is 6.14. The van der Waals surface area contributed by atoms with Crippen LogP contribution in [0.25, 0.3) is 10.9 Å². The molecule has 0 atom stereocenters. The summed E-state index contributed by atoms with van der Waals surface area (Å²) in [6.45, 7) is 1.81. The molecule has 1 saturated heterocycles. The Morgan fingerprint density at radius 3 is 2.67 bits per heavy atom. The van der Waals surface area contributed by atoms with Gasteiger partial charge in [0.25, 0.3) is 5.91 Å².